The Hall–Kier alpha value is -4.41. The van der Waals surface area contributed by atoms with E-state index in [1.165, 1.54) is 23.1 Å². The first-order valence-corrected chi connectivity index (χ1v) is 13.2. The molecule has 1 fully saturated rings. The molecule has 2 heterocycles. The summed E-state index contributed by atoms with van der Waals surface area (Å²) in [6.07, 6.45) is 1.11. The fraction of sp³-hybridized carbons (Fsp3) is 0.379. The van der Waals surface area contributed by atoms with Gasteiger partial charge in [-0.05, 0) is 61.6 Å². The first kappa shape index (κ1) is 28.6. The van der Waals surface area contributed by atoms with Crippen LogP contribution in [0.2, 0.25) is 0 Å². The highest BCUT2D eigenvalue weighted by Gasteiger charge is 2.32. The number of nitrogens with zero attached hydrogens (tertiary/aromatic N) is 1. The summed E-state index contributed by atoms with van der Waals surface area (Å²) in [5.41, 5.74) is 0.522. The second-order valence-electron chi connectivity index (χ2n) is 10.2. The summed E-state index contributed by atoms with van der Waals surface area (Å²) in [6, 6.07) is 10.2. The second-order valence-corrected chi connectivity index (χ2v) is 10.2. The quantitative estimate of drug-likeness (QED) is 0.386. The molecule has 1 aromatic heterocycles. The molecule has 2 atom stereocenters. The van der Waals surface area contributed by atoms with E-state index in [1.54, 1.807) is 37.4 Å². The van der Waals surface area contributed by atoms with E-state index in [9.17, 15) is 23.6 Å². The predicted octanol–water partition coefficient (Wildman–Crippen LogP) is 4.11. The zero-order valence-electron chi connectivity index (χ0n) is 22.7. The van der Waals surface area contributed by atoms with Crippen molar-refractivity contribution in [3.8, 4) is 5.75 Å². The Kier molecular flexibility index (Phi) is 9.03. The Morgan fingerprint density at radius 2 is 1.93 bits per heavy atom. The summed E-state index contributed by atoms with van der Waals surface area (Å²) in [4.78, 5) is 53.2. The molecule has 3 aromatic rings. The SMILES string of the molecule is COc1ccc2oc(C(=O)NC(CC(C)C)C(=O)N[C@H]3CCCN(C(=O)Nc4ccccc4F)CC3=O)cc2c1. The molecule has 4 rings (SSSR count). The van der Waals surface area contributed by atoms with Crippen LogP contribution >= 0.6 is 0 Å². The van der Waals surface area contributed by atoms with E-state index in [-0.39, 0.29) is 36.2 Å². The van der Waals surface area contributed by atoms with Crippen molar-refractivity contribution < 1.29 is 32.7 Å². The average molecular weight is 553 g/mol. The van der Waals surface area contributed by atoms with Crippen LogP contribution in [-0.2, 0) is 9.59 Å². The van der Waals surface area contributed by atoms with E-state index in [0.29, 0.717) is 36.0 Å². The highest BCUT2D eigenvalue weighted by atomic mass is 19.1. The number of ketones is 1. The van der Waals surface area contributed by atoms with Gasteiger partial charge in [0.15, 0.2) is 11.5 Å². The third-order valence-corrected chi connectivity index (χ3v) is 6.65. The van der Waals surface area contributed by atoms with Gasteiger partial charge in [0.2, 0.25) is 5.91 Å². The monoisotopic (exact) mass is 552 g/mol. The molecule has 0 spiro atoms. The summed E-state index contributed by atoms with van der Waals surface area (Å²) in [5.74, 6) is -1.25. The maximum absolute atomic E-state index is 13.9. The maximum Gasteiger partial charge on any atom is 0.322 e. The molecule has 10 nitrogen and oxygen atoms in total. The minimum absolute atomic E-state index is 0.0184. The number of hydrogen-bond acceptors (Lipinski definition) is 6. The lowest BCUT2D eigenvalue weighted by molar-refractivity contribution is -0.129. The van der Waals surface area contributed by atoms with Crippen molar-refractivity contribution in [2.45, 2.75) is 45.2 Å². The first-order valence-electron chi connectivity index (χ1n) is 13.2. The molecule has 2 aromatic carbocycles. The number of amides is 4. The number of urea groups is 1. The lowest BCUT2D eigenvalue weighted by Crippen LogP contribution is -2.52. The molecule has 3 N–H and O–H groups in total. The Morgan fingerprint density at radius 3 is 2.65 bits per heavy atom. The van der Waals surface area contributed by atoms with Gasteiger partial charge >= 0.3 is 6.03 Å². The minimum atomic E-state index is -0.910. The van der Waals surface area contributed by atoms with Gasteiger partial charge in [-0.3, -0.25) is 14.4 Å². The standard InChI is InChI=1S/C29H33FN4O6/c1-17(2)13-23(32-28(37)26-15-18-14-19(39-3)10-11-25(18)40-26)27(36)31-22-9-6-12-34(16-24(22)35)29(38)33-21-8-5-4-7-20(21)30/h4-5,7-8,10-11,14-15,17,22-23H,6,9,12-13,16H2,1-3H3,(H,31,36)(H,32,37)(H,33,38)/t22-,23?/m0/s1. The van der Waals surface area contributed by atoms with Crippen LogP contribution in [0.3, 0.4) is 0 Å². The van der Waals surface area contributed by atoms with Crippen LogP contribution < -0.4 is 20.7 Å². The van der Waals surface area contributed by atoms with Gasteiger partial charge in [-0.25, -0.2) is 9.18 Å². The largest absolute Gasteiger partial charge is 0.497 e. The van der Waals surface area contributed by atoms with Crippen molar-refractivity contribution in [3.63, 3.8) is 0 Å². The normalized spacial score (nSPS) is 16.4. The number of benzene rings is 2. The van der Waals surface area contributed by atoms with Crippen molar-refractivity contribution in [2.75, 3.05) is 25.5 Å². The number of nitrogens with one attached hydrogen (secondary N) is 3. The number of hydrogen-bond donors (Lipinski definition) is 3. The van der Waals surface area contributed by atoms with E-state index >= 15 is 0 Å². The maximum atomic E-state index is 13.9. The molecule has 1 unspecified atom stereocenters. The summed E-state index contributed by atoms with van der Waals surface area (Å²) in [7, 11) is 1.54. The number of methoxy groups -OCH3 is 1. The van der Waals surface area contributed by atoms with E-state index in [1.807, 2.05) is 13.8 Å². The van der Waals surface area contributed by atoms with Crippen molar-refractivity contribution in [1.29, 1.82) is 0 Å². The Morgan fingerprint density at radius 1 is 1.15 bits per heavy atom. The molecule has 11 heteroatoms. The number of halogens is 1. The zero-order chi connectivity index (χ0) is 28.8. The van der Waals surface area contributed by atoms with Crippen LogP contribution in [0.5, 0.6) is 5.75 Å². The molecular formula is C29H33FN4O6. The number of furan rings is 1. The topological polar surface area (TPSA) is 130 Å². The van der Waals surface area contributed by atoms with Crippen LogP contribution in [0.1, 0.15) is 43.7 Å². The number of likely N-dealkylation sites (tertiary alicyclic amines) is 1. The number of carbonyl (C=O) groups is 4. The highest BCUT2D eigenvalue weighted by molar-refractivity contribution is 6.00. The first-order chi connectivity index (χ1) is 19.1. The van der Waals surface area contributed by atoms with E-state index in [0.717, 1.165) is 0 Å². The van der Waals surface area contributed by atoms with Gasteiger partial charge in [0.25, 0.3) is 5.91 Å². The van der Waals surface area contributed by atoms with E-state index in [4.69, 9.17) is 9.15 Å². The molecule has 0 saturated carbocycles. The van der Waals surface area contributed by atoms with Gasteiger partial charge in [-0.2, -0.15) is 0 Å². The number of rotatable bonds is 8. The molecule has 4 amide bonds. The number of Topliss-reactive ketones (excluding diaryl/α,β-unsaturated/α-hetero) is 1. The van der Waals surface area contributed by atoms with Gasteiger partial charge in [0.1, 0.15) is 23.2 Å². The number of anilines is 1. The van der Waals surface area contributed by atoms with E-state index in [2.05, 4.69) is 16.0 Å². The fourth-order valence-corrected chi connectivity index (χ4v) is 4.57. The molecule has 212 valence electrons. The van der Waals surface area contributed by atoms with Gasteiger partial charge in [0, 0.05) is 11.9 Å². The summed E-state index contributed by atoms with van der Waals surface area (Å²) >= 11 is 0. The molecule has 1 aliphatic rings. The van der Waals surface area contributed by atoms with Crippen LogP contribution in [0.25, 0.3) is 11.0 Å². The molecule has 0 aliphatic carbocycles. The molecule has 1 aliphatic heterocycles. The highest BCUT2D eigenvalue weighted by Crippen LogP contribution is 2.24. The van der Waals surface area contributed by atoms with Gasteiger partial charge in [-0.1, -0.05) is 26.0 Å². The van der Waals surface area contributed by atoms with Gasteiger partial charge in [0.05, 0.1) is 25.4 Å². The molecule has 1 saturated heterocycles. The lowest BCUT2D eigenvalue weighted by Gasteiger charge is -2.23. The lowest BCUT2D eigenvalue weighted by atomic mass is 10.0. The Bertz CT molecular complexity index is 1400. The van der Waals surface area contributed by atoms with Crippen LogP contribution in [0.15, 0.2) is 52.9 Å². The van der Waals surface area contributed by atoms with Crippen LogP contribution in [-0.4, -0.2) is 60.8 Å². The molecule has 0 bridgehead atoms. The number of fused-ring (bicyclic) bond motifs is 1. The van der Waals surface area contributed by atoms with Crippen molar-refractivity contribution in [3.05, 3.63) is 60.1 Å². The zero-order valence-corrected chi connectivity index (χ0v) is 22.7. The summed E-state index contributed by atoms with van der Waals surface area (Å²) in [6.45, 7) is 3.86. The number of ether oxygens (including phenoxy) is 1. The van der Waals surface area contributed by atoms with Crippen molar-refractivity contribution in [1.82, 2.24) is 15.5 Å². The fourth-order valence-electron chi connectivity index (χ4n) is 4.57. The van der Waals surface area contributed by atoms with Crippen LogP contribution in [0.4, 0.5) is 14.9 Å². The predicted molar refractivity (Wildman–Crippen MR) is 147 cm³/mol. The minimum Gasteiger partial charge on any atom is -0.497 e. The van der Waals surface area contributed by atoms with Crippen LogP contribution in [0, 0.1) is 11.7 Å². The summed E-state index contributed by atoms with van der Waals surface area (Å²) in [5, 5.41) is 8.67. The van der Waals surface area contributed by atoms with Gasteiger partial charge in [-0.15, -0.1) is 0 Å². The summed E-state index contributed by atoms with van der Waals surface area (Å²) < 4.78 is 24.8. The number of carbonyl (C=O) groups excluding carboxylic acids is 4. The molecule has 0 radical (unpaired) electrons. The molecule has 40 heavy (non-hydrogen) atoms. The Labute approximate surface area is 231 Å². The van der Waals surface area contributed by atoms with Crippen molar-refractivity contribution >= 4 is 40.3 Å². The number of para-hydroxylation sites is 1. The third kappa shape index (κ3) is 6.96. The molecular weight excluding hydrogens is 519 g/mol. The van der Waals surface area contributed by atoms with E-state index < -0.39 is 35.7 Å². The van der Waals surface area contributed by atoms with Gasteiger partial charge < -0.3 is 30.0 Å². The third-order valence-electron chi connectivity index (χ3n) is 6.65. The smallest absolute Gasteiger partial charge is 0.322 e. The Balaban J connectivity index is 1.39. The average Bonchev–Trinajstić information content (AvgIpc) is 3.27. The van der Waals surface area contributed by atoms with Crippen molar-refractivity contribution in [2.24, 2.45) is 5.92 Å². The second kappa shape index (κ2) is 12.6.